The number of aliphatic hydroxyl groups is 11. The SMILES string of the molecule is CCCCCC/C=C/CC/C=C/CC/C=C/C(O)C(COC1OC(CO)C(OC2OC(CO)C(OC3OC(CO)C(O)C(O)C3O)C(O)C2O)C(O)C1O)NC(=O)CCCCCC. The van der Waals surface area contributed by atoms with Crippen molar-refractivity contribution >= 4 is 5.91 Å². The number of hydrogen-bond acceptors (Lipinski definition) is 18. The Morgan fingerprint density at radius 1 is 0.556 bits per heavy atom. The van der Waals surface area contributed by atoms with Gasteiger partial charge in [0.1, 0.15) is 73.2 Å². The first-order chi connectivity index (χ1) is 30.3. The summed E-state index contributed by atoms with van der Waals surface area (Å²) in [6.45, 7) is 1.46. The summed E-state index contributed by atoms with van der Waals surface area (Å²) >= 11 is 0. The van der Waals surface area contributed by atoms with Crippen LogP contribution >= 0.6 is 0 Å². The Morgan fingerprint density at radius 3 is 1.56 bits per heavy atom. The molecule has 0 aromatic rings. The minimum absolute atomic E-state index is 0.222. The van der Waals surface area contributed by atoms with Crippen molar-refractivity contribution in [1.29, 1.82) is 0 Å². The monoisotopic (exact) mass is 908 g/mol. The van der Waals surface area contributed by atoms with Crippen LogP contribution in [0.2, 0.25) is 0 Å². The molecule has 366 valence electrons. The highest BCUT2D eigenvalue weighted by atomic mass is 16.8. The van der Waals surface area contributed by atoms with Gasteiger partial charge in [-0.25, -0.2) is 0 Å². The molecule has 3 fully saturated rings. The molecule has 3 aliphatic rings. The van der Waals surface area contributed by atoms with Crippen LogP contribution in [-0.4, -0.2) is 193 Å². The average molecular weight is 908 g/mol. The van der Waals surface area contributed by atoms with Crippen molar-refractivity contribution in [2.24, 2.45) is 0 Å². The van der Waals surface area contributed by atoms with Crippen LogP contribution in [0.5, 0.6) is 0 Å². The standard InChI is InChI=1S/C44H77NO18/c1-3-5-7-9-10-11-12-13-14-15-16-17-18-19-21-28(49)27(45-32(50)22-20-8-6-4-2)26-58-42-38(56)35(53)40(30(24-47)60-42)63-44-39(57)36(54)41(31(25-48)61-44)62-43-37(55)34(52)33(51)29(23-46)59-43/h11-12,15-16,19,21,27-31,33-44,46-49,51-57H,3-10,13-14,17-18,20,22-26H2,1-2H3,(H,45,50)/b12-11+,16-15+,21-19+. The van der Waals surface area contributed by atoms with Crippen LogP contribution in [0.1, 0.15) is 104 Å². The van der Waals surface area contributed by atoms with E-state index < -0.39 is 124 Å². The van der Waals surface area contributed by atoms with E-state index >= 15 is 0 Å². The third-order valence-corrected chi connectivity index (χ3v) is 11.4. The minimum Gasteiger partial charge on any atom is -0.394 e. The van der Waals surface area contributed by atoms with Crippen molar-refractivity contribution in [2.45, 2.75) is 208 Å². The average Bonchev–Trinajstić information content (AvgIpc) is 3.28. The molecule has 0 spiro atoms. The maximum absolute atomic E-state index is 12.9. The van der Waals surface area contributed by atoms with Crippen molar-refractivity contribution in [3.05, 3.63) is 36.5 Å². The predicted octanol–water partition coefficient (Wildman–Crippen LogP) is -0.533. The molecule has 17 unspecified atom stereocenters. The number of hydrogen-bond donors (Lipinski definition) is 12. The molecule has 17 atom stereocenters. The summed E-state index contributed by atoms with van der Waals surface area (Å²) in [4.78, 5) is 12.9. The third kappa shape index (κ3) is 17.6. The van der Waals surface area contributed by atoms with E-state index in [1.54, 1.807) is 12.2 Å². The van der Waals surface area contributed by atoms with Gasteiger partial charge in [0.2, 0.25) is 5.91 Å². The molecule has 0 radical (unpaired) electrons. The van der Waals surface area contributed by atoms with Crippen molar-refractivity contribution in [2.75, 3.05) is 26.4 Å². The molecule has 63 heavy (non-hydrogen) atoms. The summed E-state index contributed by atoms with van der Waals surface area (Å²) in [7, 11) is 0. The van der Waals surface area contributed by atoms with E-state index in [-0.39, 0.29) is 18.9 Å². The van der Waals surface area contributed by atoms with E-state index in [1.165, 1.54) is 25.7 Å². The number of aliphatic hydroxyl groups excluding tert-OH is 11. The number of allylic oxidation sites excluding steroid dienone is 5. The Morgan fingerprint density at radius 2 is 1.02 bits per heavy atom. The van der Waals surface area contributed by atoms with E-state index in [2.05, 4.69) is 43.5 Å². The smallest absolute Gasteiger partial charge is 0.220 e. The zero-order valence-electron chi connectivity index (χ0n) is 36.8. The van der Waals surface area contributed by atoms with E-state index in [9.17, 15) is 61.0 Å². The van der Waals surface area contributed by atoms with Gasteiger partial charge in [0.15, 0.2) is 18.9 Å². The van der Waals surface area contributed by atoms with Gasteiger partial charge < -0.3 is 89.9 Å². The molecular formula is C44H77NO18. The van der Waals surface area contributed by atoms with E-state index in [0.717, 1.165) is 44.9 Å². The first-order valence-electron chi connectivity index (χ1n) is 22.7. The number of rotatable bonds is 29. The minimum atomic E-state index is -1.98. The number of amides is 1. The van der Waals surface area contributed by atoms with E-state index in [0.29, 0.717) is 12.8 Å². The highest BCUT2D eigenvalue weighted by molar-refractivity contribution is 5.76. The van der Waals surface area contributed by atoms with Gasteiger partial charge in [0.05, 0.1) is 38.6 Å². The summed E-state index contributed by atoms with van der Waals surface area (Å²) in [5.74, 6) is -0.313. The molecule has 3 heterocycles. The van der Waals surface area contributed by atoms with E-state index in [4.69, 9.17) is 28.4 Å². The first-order valence-corrected chi connectivity index (χ1v) is 22.7. The van der Waals surface area contributed by atoms with Gasteiger partial charge in [0, 0.05) is 6.42 Å². The molecule has 12 N–H and O–H groups in total. The lowest BCUT2D eigenvalue weighted by Crippen LogP contribution is -2.66. The molecule has 0 aromatic heterocycles. The molecule has 3 saturated heterocycles. The second kappa shape index (κ2) is 30.3. The Bertz CT molecular complexity index is 1320. The fourth-order valence-corrected chi connectivity index (χ4v) is 7.51. The molecule has 19 nitrogen and oxygen atoms in total. The zero-order chi connectivity index (χ0) is 46.3. The molecule has 0 aliphatic carbocycles. The van der Waals surface area contributed by atoms with Gasteiger partial charge >= 0.3 is 0 Å². The number of carbonyl (C=O) groups excluding carboxylic acids is 1. The maximum Gasteiger partial charge on any atom is 0.220 e. The van der Waals surface area contributed by atoms with Crippen LogP contribution in [0, 0.1) is 0 Å². The highest BCUT2D eigenvalue weighted by Crippen LogP contribution is 2.33. The fraction of sp³-hybridized carbons (Fsp3) is 0.841. The predicted molar refractivity (Wildman–Crippen MR) is 226 cm³/mol. The summed E-state index contributed by atoms with van der Waals surface area (Å²) in [6, 6.07) is -0.987. The highest BCUT2D eigenvalue weighted by Gasteiger charge is 2.53. The van der Waals surface area contributed by atoms with Crippen LogP contribution in [0.4, 0.5) is 0 Å². The van der Waals surface area contributed by atoms with Crippen LogP contribution in [-0.2, 0) is 33.2 Å². The fourth-order valence-electron chi connectivity index (χ4n) is 7.51. The molecule has 0 saturated carbocycles. The molecular weight excluding hydrogens is 830 g/mol. The zero-order valence-corrected chi connectivity index (χ0v) is 36.8. The number of ether oxygens (including phenoxy) is 6. The van der Waals surface area contributed by atoms with Gasteiger partial charge in [-0.2, -0.15) is 0 Å². The summed E-state index contributed by atoms with van der Waals surface area (Å²) < 4.78 is 33.8. The summed E-state index contributed by atoms with van der Waals surface area (Å²) in [5, 5.41) is 119. The second-order valence-corrected chi connectivity index (χ2v) is 16.5. The van der Waals surface area contributed by atoms with Crippen LogP contribution in [0.15, 0.2) is 36.5 Å². The molecule has 19 heteroatoms. The number of carbonyl (C=O) groups is 1. The quantitative estimate of drug-likeness (QED) is 0.0332. The Balaban J connectivity index is 1.59. The molecule has 0 bridgehead atoms. The van der Waals surface area contributed by atoms with Gasteiger partial charge in [-0.05, 0) is 44.9 Å². The molecule has 3 aliphatic heterocycles. The maximum atomic E-state index is 12.9. The molecule has 1 amide bonds. The van der Waals surface area contributed by atoms with Crippen LogP contribution in [0.25, 0.3) is 0 Å². The topological polar surface area (TPSA) is 307 Å². The van der Waals surface area contributed by atoms with Crippen molar-refractivity contribution < 1.29 is 89.4 Å². The normalized spacial score (nSPS) is 35.2. The summed E-state index contributed by atoms with van der Waals surface area (Å²) in [5.41, 5.74) is 0. The Labute approximate surface area is 370 Å². The number of nitrogens with one attached hydrogen (secondary N) is 1. The lowest BCUT2D eigenvalue weighted by Gasteiger charge is -2.48. The lowest BCUT2D eigenvalue weighted by molar-refractivity contribution is -0.379. The van der Waals surface area contributed by atoms with Gasteiger partial charge in [-0.3, -0.25) is 4.79 Å². The lowest BCUT2D eigenvalue weighted by atomic mass is 9.96. The van der Waals surface area contributed by atoms with Gasteiger partial charge in [0.25, 0.3) is 0 Å². The van der Waals surface area contributed by atoms with Crippen LogP contribution in [0.3, 0.4) is 0 Å². The Kier molecular flexibility index (Phi) is 26.6. The van der Waals surface area contributed by atoms with Crippen molar-refractivity contribution in [3.8, 4) is 0 Å². The van der Waals surface area contributed by atoms with Crippen LogP contribution < -0.4 is 5.32 Å². The third-order valence-electron chi connectivity index (χ3n) is 11.4. The first kappa shape index (κ1) is 55.3. The van der Waals surface area contributed by atoms with Crippen molar-refractivity contribution in [3.63, 3.8) is 0 Å². The second-order valence-electron chi connectivity index (χ2n) is 16.5. The van der Waals surface area contributed by atoms with Gasteiger partial charge in [-0.15, -0.1) is 0 Å². The number of unbranched alkanes of at least 4 members (excludes halogenated alkanes) is 9. The van der Waals surface area contributed by atoms with Gasteiger partial charge in [-0.1, -0.05) is 88.8 Å². The van der Waals surface area contributed by atoms with Crippen molar-refractivity contribution in [1.82, 2.24) is 5.32 Å². The summed E-state index contributed by atoms with van der Waals surface area (Å²) in [6.07, 6.45) is -1.76. The Hall–Kier alpha value is -1.99. The van der Waals surface area contributed by atoms with E-state index in [1.807, 2.05) is 0 Å². The largest absolute Gasteiger partial charge is 0.394 e. The molecule has 0 aromatic carbocycles. The molecule has 3 rings (SSSR count).